The number of phenolic OH excluding ortho intramolecular Hbond substituents is 1. The van der Waals surface area contributed by atoms with Crippen LogP contribution in [0.25, 0.3) is 22.2 Å². The third kappa shape index (κ3) is 5.25. The molecular weight excluding hydrogens is 442 g/mol. The average Bonchev–Trinajstić information content (AvgIpc) is 3.40. The minimum atomic E-state index is -1.45. The standard InChI is InChI=1S/C23H25N5O6/c1-23(2,3)33-22(32)26-20(25-21(30)31)28-10-4-5-17(28)19-24-18(27-34-19)15-7-6-14-12-16(29)9-8-13(14)11-15/h6-9,11-12,17,29H,4-5,10H2,1-3H3,(H,30,31)(H,25,26,32)/t17-/m0/s1. The predicted molar refractivity (Wildman–Crippen MR) is 122 cm³/mol. The number of alkyl carbamates (subject to hydrolysis) is 1. The van der Waals surface area contributed by atoms with E-state index in [1.54, 1.807) is 43.9 Å². The zero-order valence-corrected chi connectivity index (χ0v) is 19.0. The molecule has 1 saturated heterocycles. The molecule has 1 aliphatic rings. The van der Waals surface area contributed by atoms with Gasteiger partial charge in [0.15, 0.2) is 0 Å². The molecule has 0 saturated carbocycles. The molecule has 1 aromatic heterocycles. The second kappa shape index (κ2) is 9.00. The van der Waals surface area contributed by atoms with Gasteiger partial charge >= 0.3 is 12.2 Å². The van der Waals surface area contributed by atoms with E-state index in [4.69, 9.17) is 9.26 Å². The van der Waals surface area contributed by atoms with Crippen LogP contribution in [0.1, 0.15) is 45.5 Å². The second-order valence-electron chi connectivity index (χ2n) is 8.90. The van der Waals surface area contributed by atoms with Crippen molar-refractivity contribution in [3.05, 3.63) is 42.3 Å². The fraction of sp³-hybridized carbons (Fsp3) is 0.348. The van der Waals surface area contributed by atoms with Crippen LogP contribution in [0.3, 0.4) is 0 Å². The summed E-state index contributed by atoms with van der Waals surface area (Å²) in [7, 11) is 0. The quantitative estimate of drug-likeness (QED) is 0.370. The third-order valence-corrected chi connectivity index (χ3v) is 5.15. The highest BCUT2D eigenvalue weighted by Crippen LogP contribution is 2.33. The normalized spacial score (nSPS) is 16.6. The number of carbonyl (C=O) groups is 2. The van der Waals surface area contributed by atoms with Crippen LogP contribution in [-0.4, -0.2) is 55.5 Å². The number of guanidine groups is 1. The maximum Gasteiger partial charge on any atom is 0.434 e. The van der Waals surface area contributed by atoms with Crippen LogP contribution in [-0.2, 0) is 4.74 Å². The van der Waals surface area contributed by atoms with Crippen LogP contribution in [0.5, 0.6) is 5.75 Å². The van der Waals surface area contributed by atoms with Gasteiger partial charge in [-0.1, -0.05) is 23.4 Å². The maximum atomic E-state index is 12.3. The number of likely N-dealkylation sites (tertiary alicyclic amines) is 1. The summed E-state index contributed by atoms with van der Waals surface area (Å²) in [4.78, 5) is 33.3. The Labute approximate surface area is 195 Å². The number of phenols is 1. The van der Waals surface area contributed by atoms with Crippen LogP contribution < -0.4 is 5.32 Å². The molecule has 3 N–H and O–H groups in total. The van der Waals surface area contributed by atoms with E-state index in [0.29, 0.717) is 25.2 Å². The third-order valence-electron chi connectivity index (χ3n) is 5.15. The lowest BCUT2D eigenvalue weighted by atomic mass is 10.1. The number of nitrogens with one attached hydrogen (secondary N) is 1. The van der Waals surface area contributed by atoms with Gasteiger partial charge in [0, 0.05) is 12.1 Å². The highest BCUT2D eigenvalue weighted by atomic mass is 16.6. The van der Waals surface area contributed by atoms with Gasteiger partial charge in [-0.05, 0) is 62.6 Å². The first-order valence-electron chi connectivity index (χ1n) is 10.7. The number of nitrogens with zero attached hydrogens (tertiary/aromatic N) is 4. The highest BCUT2D eigenvalue weighted by molar-refractivity contribution is 5.98. The van der Waals surface area contributed by atoms with Gasteiger partial charge in [-0.3, -0.25) is 5.32 Å². The van der Waals surface area contributed by atoms with Crippen molar-refractivity contribution in [1.29, 1.82) is 0 Å². The Morgan fingerprint density at radius 3 is 2.68 bits per heavy atom. The van der Waals surface area contributed by atoms with Gasteiger partial charge in [0.1, 0.15) is 17.4 Å². The molecule has 2 amide bonds. The van der Waals surface area contributed by atoms with Gasteiger partial charge in [-0.25, -0.2) is 9.59 Å². The van der Waals surface area contributed by atoms with Crippen molar-refractivity contribution in [1.82, 2.24) is 20.4 Å². The molecule has 4 rings (SSSR count). The summed E-state index contributed by atoms with van der Waals surface area (Å²) in [5.41, 5.74) is -0.0351. The molecule has 1 atom stereocenters. The minimum absolute atomic E-state index is 0.158. The van der Waals surface area contributed by atoms with Crippen molar-refractivity contribution < 1.29 is 29.1 Å². The van der Waals surface area contributed by atoms with Crippen LogP contribution >= 0.6 is 0 Å². The summed E-state index contributed by atoms with van der Waals surface area (Å²) in [5.74, 6) is 0.674. The smallest absolute Gasteiger partial charge is 0.434 e. The molecule has 3 aromatic rings. The second-order valence-corrected chi connectivity index (χ2v) is 8.90. The van der Waals surface area contributed by atoms with E-state index in [-0.39, 0.29) is 17.6 Å². The average molecular weight is 467 g/mol. The fourth-order valence-corrected chi connectivity index (χ4v) is 3.79. The van der Waals surface area contributed by atoms with Crippen LogP contribution in [0.2, 0.25) is 0 Å². The number of hydrogen-bond donors (Lipinski definition) is 3. The van der Waals surface area contributed by atoms with Crippen molar-refractivity contribution in [2.45, 2.75) is 45.3 Å². The highest BCUT2D eigenvalue weighted by Gasteiger charge is 2.35. The number of amides is 2. The van der Waals surface area contributed by atoms with Crippen molar-refractivity contribution in [2.75, 3.05) is 6.54 Å². The van der Waals surface area contributed by atoms with Gasteiger partial charge in [-0.15, -0.1) is 4.99 Å². The first kappa shape index (κ1) is 23.0. The Morgan fingerprint density at radius 1 is 1.21 bits per heavy atom. The van der Waals surface area contributed by atoms with Gasteiger partial charge in [0.2, 0.25) is 17.7 Å². The van der Waals surface area contributed by atoms with E-state index in [1.165, 1.54) is 0 Å². The Hall–Kier alpha value is -4.15. The molecule has 11 nitrogen and oxygen atoms in total. The topological polar surface area (TPSA) is 150 Å². The number of fused-ring (bicyclic) bond motifs is 1. The number of carbonyl (C=O) groups excluding carboxylic acids is 1. The van der Waals surface area contributed by atoms with E-state index in [9.17, 15) is 19.8 Å². The lowest BCUT2D eigenvalue weighted by Gasteiger charge is -2.26. The molecule has 2 heterocycles. The molecule has 0 unspecified atom stereocenters. The zero-order valence-electron chi connectivity index (χ0n) is 19.0. The lowest BCUT2D eigenvalue weighted by Crippen LogP contribution is -2.46. The van der Waals surface area contributed by atoms with Crippen molar-refractivity contribution in [3.63, 3.8) is 0 Å². The van der Waals surface area contributed by atoms with E-state index < -0.39 is 23.8 Å². The SMILES string of the molecule is CC(C)(C)OC(=O)N/C(=N/C(=O)O)N1CCC[C@H]1c1nc(-c2ccc3cc(O)ccc3c2)no1. The molecule has 0 radical (unpaired) electrons. The molecule has 0 aliphatic carbocycles. The number of carboxylic acid groups (broad SMARTS) is 1. The van der Waals surface area contributed by atoms with E-state index in [1.807, 2.05) is 18.2 Å². The molecule has 2 aromatic carbocycles. The molecule has 0 spiro atoms. The first-order chi connectivity index (χ1) is 16.1. The molecule has 0 bridgehead atoms. The zero-order chi connectivity index (χ0) is 24.5. The lowest BCUT2D eigenvalue weighted by molar-refractivity contribution is 0.0555. The van der Waals surface area contributed by atoms with Gasteiger partial charge in [0.25, 0.3) is 0 Å². The van der Waals surface area contributed by atoms with Gasteiger partial charge in [0.05, 0.1) is 0 Å². The van der Waals surface area contributed by atoms with Crippen LogP contribution in [0.4, 0.5) is 9.59 Å². The van der Waals surface area contributed by atoms with Crippen LogP contribution in [0.15, 0.2) is 45.9 Å². The van der Waals surface area contributed by atoms with Crippen molar-refractivity contribution in [3.8, 4) is 17.1 Å². The number of hydrogen-bond acceptors (Lipinski definition) is 7. The molecule has 178 valence electrons. The molecule has 11 heteroatoms. The Bertz CT molecular complexity index is 1260. The van der Waals surface area contributed by atoms with Gasteiger partial charge in [-0.2, -0.15) is 4.98 Å². The summed E-state index contributed by atoms with van der Waals surface area (Å²) in [6.45, 7) is 5.54. The number of rotatable bonds is 2. The predicted octanol–water partition coefficient (Wildman–Crippen LogP) is 4.29. The summed E-state index contributed by atoms with van der Waals surface area (Å²) in [6.07, 6.45) is -0.958. The van der Waals surface area contributed by atoms with Crippen molar-refractivity contribution in [2.24, 2.45) is 4.99 Å². The van der Waals surface area contributed by atoms with E-state index >= 15 is 0 Å². The first-order valence-corrected chi connectivity index (χ1v) is 10.7. The molecular formula is C23H25N5O6. The summed E-state index contributed by atoms with van der Waals surface area (Å²) in [6, 6.07) is 10.2. The van der Waals surface area contributed by atoms with Gasteiger partial charge < -0.3 is 24.4 Å². The number of aromatic nitrogens is 2. The molecule has 1 aliphatic heterocycles. The summed E-state index contributed by atoms with van der Waals surface area (Å²) < 4.78 is 10.8. The number of aromatic hydroxyl groups is 1. The molecule has 34 heavy (non-hydrogen) atoms. The molecule has 1 fully saturated rings. The van der Waals surface area contributed by atoms with E-state index in [0.717, 1.165) is 16.3 Å². The Kier molecular flexibility index (Phi) is 6.10. The maximum absolute atomic E-state index is 12.3. The number of benzene rings is 2. The fourth-order valence-electron chi connectivity index (χ4n) is 3.79. The monoisotopic (exact) mass is 467 g/mol. The number of ether oxygens (including phenoxy) is 1. The van der Waals surface area contributed by atoms with Crippen LogP contribution in [0, 0.1) is 0 Å². The summed E-state index contributed by atoms with van der Waals surface area (Å²) in [5, 5.41) is 27.2. The number of aliphatic imine (C=N–C) groups is 1. The Balaban J connectivity index is 1.58. The van der Waals surface area contributed by atoms with E-state index in [2.05, 4.69) is 20.4 Å². The largest absolute Gasteiger partial charge is 0.508 e. The minimum Gasteiger partial charge on any atom is -0.508 e. The Morgan fingerprint density at radius 2 is 1.94 bits per heavy atom. The summed E-state index contributed by atoms with van der Waals surface area (Å²) >= 11 is 0. The van der Waals surface area contributed by atoms with Crippen molar-refractivity contribution >= 4 is 28.9 Å².